The first-order valence-corrected chi connectivity index (χ1v) is 12.2. The monoisotopic (exact) mass is 401 g/mol. The van der Waals surface area contributed by atoms with Crippen LogP contribution in [0.25, 0.3) is 0 Å². The Hall–Kier alpha value is -1.06. The summed E-state index contributed by atoms with van der Waals surface area (Å²) in [6.45, 7) is 4.64. The van der Waals surface area contributed by atoms with Gasteiger partial charge in [-0.25, -0.2) is 0 Å². The number of carboxylic acid groups (broad SMARTS) is 1. The van der Waals surface area contributed by atoms with Crippen molar-refractivity contribution >= 4 is 11.9 Å². The smallest absolute Gasteiger partial charge is 0.309 e. The SMILES string of the molecule is CC(C)C1C2CC3CC1CC(C(=O)O)(C3)C2.NC(=O)C12CC3CC(CC(C3)C1)C2. The minimum absolute atomic E-state index is 0.00778. The standard InChI is InChI=1S/C14H22O2.C11H17NO/c1-8(2)12-10-3-9-4-11(12)7-14(5-9,6-10)13(15)16;12-10(13)11-4-7-1-8(5-11)3-9(2-7)6-11/h8-12H,3-7H2,1-2H3,(H,15,16);7-9H,1-6H2,(H2,12,13). The van der Waals surface area contributed by atoms with Gasteiger partial charge in [-0.15, -0.1) is 0 Å². The third-order valence-electron chi connectivity index (χ3n) is 10.1. The number of hydrogen-bond acceptors (Lipinski definition) is 2. The number of carbonyl (C=O) groups is 2. The first kappa shape index (κ1) is 19.9. The maximum absolute atomic E-state index is 11.5. The molecule has 0 aromatic rings. The van der Waals surface area contributed by atoms with Gasteiger partial charge < -0.3 is 10.8 Å². The molecule has 8 rings (SSSR count). The third-order valence-corrected chi connectivity index (χ3v) is 10.1. The second kappa shape index (κ2) is 6.72. The molecule has 2 atom stereocenters. The summed E-state index contributed by atoms with van der Waals surface area (Å²) in [5, 5.41) is 9.50. The molecule has 4 nitrogen and oxygen atoms in total. The molecule has 0 aliphatic heterocycles. The van der Waals surface area contributed by atoms with Gasteiger partial charge in [-0.2, -0.15) is 0 Å². The largest absolute Gasteiger partial charge is 0.481 e. The van der Waals surface area contributed by atoms with Crippen molar-refractivity contribution in [3.05, 3.63) is 0 Å². The molecule has 0 aromatic carbocycles. The van der Waals surface area contributed by atoms with Gasteiger partial charge in [0.15, 0.2) is 0 Å². The molecule has 0 heterocycles. The number of hydrogen-bond donors (Lipinski definition) is 2. The summed E-state index contributed by atoms with van der Waals surface area (Å²) >= 11 is 0. The van der Waals surface area contributed by atoms with Gasteiger partial charge in [-0.05, 0) is 118 Å². The van der Waals surface area contributed by atoms with E-state index in [1.165, 1.54) is 32.1 Å². The van der Waals surface area contributed by atoms with E-state index in [1.54, 1.807) is 0 Å². The van der Waals surface area contributed by atoms with Crippen LogP contribution in [0.3, 0.4) is 0 Å². The van der Waals surface area contributed by atoms with E-state index in [2.05, 4.69) is 13.8 Å². The maximum atomic E-state index is 11.5. The lowest BCUT2D eigenvalue weighted by atomic mass is 9.45. The molecule has 8 bridgehead atoms. The lowest BCUT2D eigenvalue weighted by molar-refractivity contribution is -0.173. The zero-order valence-corrected chi connectivity index (χ0v) is 18.2. The van der Waals surface area contributed by atoms with Gasteiger partial charge in [0.2, 0.25) is 5.91 Å². The molecule has 0 spiro atoms. The highest BCUT2D eigenvalue weighted by Crippen LogP contribution is 2.63. The summed E-state index contributed by atoms with van der Waals surface area (Å²) in [4.78, 5) is 23.0. The normalized spacial score (nSPS) is 51.1. The molecule has 4 heteroatoms. The minimum Gasteiger partial charge on any atom is -0.481 e. The highest BCUT2D eigenvalue weighted by atomic mass is 16.4. The van der Waals surface area contributed by atoms with E-state index in [1.807, 2.05) is 0 Å². The molecule has 29 heavy (non-hydrogen) atoms. The number of rotatable bonds is 3. The fourth-order valence-electron chi connectivity index (χ4n) is 9.83. The van der Waals surface area contributed by atoms with E-state index in [-0.39, 0.29) is 16.7 Å². The van der Waals surface area contributed by atoms with Crippen LogP contribution >= 0.6 is 0 Å². The van der Waals surface area contributed by atoms with Gasteiger partial charge in [0, 0.05) is 5.41 Å². The molecule has 2 unspecified atom stereocenters. The van der Waals surface area contributed by atoms with E-state index < -0.39 is 5.97 Å². The lowest BCUT2D eigenvalue weighted by Crippen LogP contribution is -2.55. The Labute approximate surface area is 175 Å². The van der Waals surface area contributed by atoms with Crippen molar-refractivity contribution in [1.82, 2.24) is 0 Å². The van der Waals surface area contributed by atoms with Crippen LogP contribution in [0, 0.1) is 58.2 Å². The molecule has 8 saturated carbocycles. The van der Waals surface area contributed by atoms with Gasteiger partial charge in [0.05, 0.1) is 5.41 Å². The Morgan fingerprint density at radius 1 is 0.759 bits per heavy atom. The topological polar surface area (TPSA) is 80.4 Å². The lowest BCUT2D eigenvalue weighted by Gasteiger charge is -2.59. The van der Waals surface area contributed by atoms with Crippen LogP contribution in [0.1, 0.15) is 84.5 Å². The summed E-state index contributed by atoms with van der Waals surface area (Å²) < 4.78 is 0. The van der Waals surface area contributed by atoms with Crippen molar-refractivity contribution < 1.29 is 14.7 Å². The highest BCUT2D eigenvalue weighted by molar-refractivity contribution is 5.81. The van der Waals surface area contributed by atoms with Crippen molar-refractivity contribution in [2.24, 2.45) is 63.9 Å². The summed E-state index contributed by atoms with van der Waals surface area (Å²) in [5.74, 6) is 5.68. The zero-order valence-electron chi connectivity index (χ0n) is 18.2. The summed E-state index contributed by atoms with van der Waals surface area (Å²) in [5.41, 5.74) is 5.17. The molecule has 3 N–H and O–H groups in total. The van der Waals surface area contributed by atoms with Crippen molar-refractivity contribution in [2.45, 2.75) is 84.5 Å². The second-order valence-corrected chi connectivity index (χ2v) is 12.4. The number of aliphatic carboxylic acids is 1. The van der Waals surface area contributed by atoms with Gasteiger partial charge in [0.25, 0.3) is 0 Å². The van der Waals surface area contributed by atoms with Crippen LogP contribution in [0.2, 0.25) is 0 Å². The molecule has 8 aliphatic carbocycles. The molecular formula is C25H39NO3. The van der Waals surface area contributed by atoms with E-state index in [0.717, 1.165) is 74.0 Å². The van der Waals surface area contributed by atoms with Crippen molar-refractivity contribution in [3.63, 3.8) is 0 Å². The van der Waals surface area contributed by atoms with Crippen LogP contribution in [0.5, 0.6) is 0 Å². The molecule has 1 amide bonds. The molecule has 162 valence electrons. The van der Waals surface area contributed by atoms with E-state index in [0.29, 0.717) is 11.8 Å². The number of primary amides is 1. The summed E-state index contributed by atoms with van der Waals surface area (Å²) in [7, 11) is 0. The number of carbonyl (C=O) groups excluding carboxylic acids is 1. The van der Waals surface area contributed by atoms with Gasteiger partial charge in [0.1, 0.15) is 0 Å². The molecule has 0 radical (unpaired) electrons. The Kier molecular flexibility index (Phi) is 4.61. The van der Waals surface area contributed by atoms with Crippen LogP contribution < -0.4 is 5.73 Å². The van der Waals surface area contributed by atoms with E-state index in [4.69, 9.17) is 5.73 Å². The number of amides is 1. The van der Waals surface area contributed by atoms with Crippen molar-refractivity contribution in [2.75, 3.05) is 0 Å². The molecule has 8 fully saturated rings. The summed E-state index contributed by atoms with van der Waals surface area (Å²) in [6.07, 6.45) is 13.0. The van der Waals surface area contributed by atoms with Gasteiger partial charge >= 0.3 is 5.97 Å². The predicted octanol–water partition coefficient (Wildman–Crippen LogP) is 4.86. The first-order valence-electron chi connectivity index (χ1n) is 12.2. The molecular weight excluding hydrogens is 362 g/mol. The molecule has 8 aliphatic rings. The summed E-state index contributed by atoms with van der Waals surface area (Å²) in [6, 6.07) is 0. The minimum atomic E-state index is -0.505. The van der Waals surface area contributed by atoms with Crippen LogP contribution in [-0.2, 0) is 9.59 Å². The van der Waals surface area contributed by atoms with Gasteiger partial charge in [-0.3, -0.25) is 9.59 Å². The quantitative estimate of drug-likeness (QED) is 0.709. The Bertz CT molecular complexity index is 647. The average molecular weight is 402 g/mol. The van der Waals surface area contributed by atoms with Crippen molar-refractivity contribution in [3.8, 4) is 0 Å². The first-order chi connectivity index (χ1) is 13.7. The van der Waals surface area contributed by atoms with Crippen LogP contribution in [0.4, 0.5) is 0 Å². The second-order valence-electron chi connectivity index (χ2n) is 12.4. The van der Waals surface area contributed by atoms with Gasteiger partial charge in [-0.1, -0.05) is 13.8 Å². The highest BCUT2D eigenvalue weighted by Gasteiger charge is 2.59. The average Bonchev–Trinajstić information content (AvgIpc) is 2.59. The Morgan fingerprint density at radius 2 is 1.17 bits per heavy atom. The fraction of sp³-hybridized carbons (Fsp3) is 0.920. The van der Waals surface area contributed by atoms with Crippen molar-refractivity contribution in [1.29, 1.82) is 0 Å². The maximum Gasteiger partial charge on any atom is 0.309 e. The number of nitrogens with two attached hydrogens (primary N) is 1. The van der Waals surface area contributed by atoms with E-state index in [9.17, 15) is 14.7 Å². The predicted molar refractivity (Wildman–Crippen MR) is 112 cm³/mol. The van der Waals surface area contributed by atoms with Crippen LogP contribution in [0.15, 0.2) is 0 Å². The molecule has 0 saturated heterocycles. The zero-order chi connectivity index (χ0) is 20.6. The third kappa shape index (κ3) is 3.15. The number of carboxylic acids is 1. The Morgan fingerprint density at radius 3 is 1.55 bits per heavy atom. The van der Waals surface area contributed by atoms with Crippen LogP contribution in [-0.4, -0.2) is 17.0 Å². The molecule has 0 aromatic heterocycles. The fourth-order valence-corrected chi connectivity index (χ4v) is 9.83. The Balaban J connectivity index is 0.000000128. The van der Waals surface area contributed by atoms with E-state index >= 15 is 0 Å².